The summed E-state index contributed by atoms with van der Waals surface area (Å²) >= 11 is 0. The molecule has 0 bridgehead atoms. The number of rotatable bonds is 7. The highest BCUT2D eigenvalue weighted by Gasteiger charge is 2.74. The number of nitro groups is 4. The maximum absolute atomic E-state index is 13.3. The summed E-state index contributed by atoms with van der Waals surface area (Å²) < 4.78 is 13.3. The van der Waals surface area contributed by atoms with E-state index in [-0.39, 0.29) is 0 Å². The van der Waals surface area contributed by atoms with Gasteiger partial charge in [-0.2, -0.15) is 0 Å². The molecule has 0 spiro atoms. The van der Waals surface area contributed by atoms with Crippen LogP contribution in [0.4, 0.5) is 4.39 Å². The summed E-state index contributed by atoms with van der Waals surface area (Å²) in [6.07, 6.45) is -2.35. The third-order valence-electron chi connectivity index (χ3n) is 2.00. The van der Waals surface area contributed by atoms with E-state index in [1.807, 2.05) is 0 Å². The summed E-state index contributed by atoms with van der Waals surface area (Å²) in [5.41, 5.74) is -3.77. The zero-order chi connectivity index (χ0) is 14.7. The second-order valence-electron chi connectivity index (χ2n) is 3.06. The fourth-order valence-electron chi connectivity index (χ4n) is 0.923. The van der Waals surface area contributed by atoms with Gasteiger partial charge in [0, 0.05) is 0 Å². The van der Waals surface area contributed by atoms with Crippen molar-refractivity contribution < 1.29 is 29.2 Å². The van der Waals surface area contributed by atoms with Gasteiger partial charge in [-0.15, -0.1) is 0 Å². The van der Waals surface area contributed by atoms with E-state index in [9.17, 15) is 44.8 Å². The molecule has 0 rings (SSSR count). The van der Waals surface area contributed by atoms with Crippen molar-refractivity contribution in [2.75, 3.05) is 6.61 Å². The van der Waals surface area contributed by atoms with Gasteiger partial charge in [-0.3, -0.25) is 40.5 Å². The van der Waals surface area contributed by atoms with Crippen LogP contribution in [-0.4, -0.2) is 43.0 Å². The van der Waals surface area contributed by atoms with Crippen molar-refractivity contribution in [2.24, 2.45) is 0 Å². The first kappa shape index (κ1) is 15.5. The maximum Gasteiger partial charge on any atom is 0.628 e. The van der Waals surface area contributed by atoms with Crippen LogP contribution in [0.3, 0.4) is 0 Å². The van der Waals surface area contributed by atoms with E-state index in [4.69, 9.17) is 5.11 Å². The van der Waals surface area contributed by atoms with Crippen molar-refractivity contribution in [2.45, 2.75) is 18.0 Å². The second kappa shape index (κ2) is 4.78. The van der Waals surface area contributed by atoms with Crippen LogP contribution < -0.4 is 0 Å². The normalized spacial score (nSPS) is 11.9. The first-order valence-electron chi connectivity index (χ1n) is 3.92. The Morgan fingerprint density at radius 1 is 0.889 bits per heavy atom. The van der Waals surface area contributed by atoms with Gasteiger partial charge in [-0.05, 0) is 0 Å². The Labute approximate surface area is 95.4 Å². The van der Waals surface area contributed by atoms with Gasteiger partial charge in [0.1, 0.15) is 19.7 Å². The quantitative estimate of drug-likeness (QED) is 0.256. The van der Waals surface area contributed by atoms with Gasteiger partial charge in [-0.1, -0.05) is 4.39 Å². The summed E-state index contributed by atoms with van der Waals surface area (Å²) in [7, 11) is 0. The summed E-state index contributed by atoms with van der Waals surface area (Å²) in [5.74, 6) is -4.65. The standard InChI is InChI=1S/C4H5FN4O9/c5-4(8(15)16,9(17)18)1-3(2-10,6(11)12)7(13)14/h10H,1-2H2. The molecule has 0 saturated heterocycles. The van der Waals surface area contributed by atoms with E-state index in [0.29, 0.717) is 0 Å². The van der Waals surface area contributed by atoms with Gasteiger partial charge in [0.2, 0.25) is 0 Å². The Bertz CT molecular complexity index is 381. The number of alkyl halides is 1. The fourth-order valence-corrected chi connectivity index (χ4v) is 0.923. The zero-order valence-corrected chi connectivity index (χ0v) is 8.29. The van der Waals surface area contributed by atoms with Crippen molar-refractivity contribution in [3.63, 3.8) is 0 Å². The van der Waals surface area contributed by atoms with Crippen molar-refractivity contribution in [1.29, 1.82) is 0 Å². The highest BCUT2D eigenvalue weighted by molar-refractivity contribution is 4.71. The van der Waals surface area contributed by atoms with Crippen LogP contribution in [-0.2, 0) is 0 Å². The van der Waals surface area contributed by atoms with E-state index >= 15 is 0 Å². The molecular weight excluding hydrogens is 267 g/mol. The highest BCUT2D eigenvalue weighted by atomic mass is 19.2. The Hall–Kier alpha value is -2.51. The molecule has 0 radical (unpaired) electrons. The van der Waals surface area contributed by atoms with Crippen LogP contribution in [0.5, 0.6) is 0 Å². The smallest absolute Gasteiger partial charge is 0.382 e. The largest absolute Gasteiger partial charge is 0.628 e. The number of aliphatic hydroxyl groups excluding tert-OH is 1. The van der Waals surface area contributed by atoms with Crippen LogP contribution in [0, 0.1) is 40.5 Å². The van der Waals surface area contributed by atoms with Crippen LogP contribution >= 0.6 is 0 Å². The minimum atomic E-state index is -4.65. The molecule has 14 heteroatoms. The van der Waals surface area contributed by atoms with E-state index in [1.165, 1.54) is 0 Å². The van der Waals surface area contributed by atoms with E-state index in [2.05, 4.69) is 0 Å². The maximum atomic E-state index is 13.3. The Morgan fingerprint density at radius 2 is 1.22 bits per heavy atom. The first-order chi connectivity index (χ1) is 8.04. The molecule has 0 fully saturated rings. The van der Waals surface area contributed by atoms with Crippen molar-refractivity contribution in [3.8, 4) is 0 Å². The zero-order valence-electron chi connectivity index (χ0n) is 8.29. The first-order valence-corrected chi connectivity index (χ1v) is 3.92. The van der Waals surface area contributed by atoms with Gasteiger partial charge >= 0.3 is 11.6 Å². The van der Waals surface area contributed by atoms with Crippen molar-refractivity contribution in [1.82, 2.24) is 0 Å². The van der Waals surface area contributed by atoms with Gasteiger partial charge in [0.25, 0.3) is 6.42 Å². The van der Waals surface area contributed by atoms with Gasteiger partial charge < -0.3 is 5.11 Å². The van der Waals surface area contributed by atoms with Crippen LogP contribution in [0.25, 0.3) is 0 Å². The van der Waals surface area contributed by atoms with Crippen molar-refractivity contribution >= 4 is 0 Å². The molecule has 0 atom stereocenters. The summed E-state index contributed by atoms with van der Waals surface area (Å²) in [6, 6.07) is 0. The molecular formula is C4H5FN4O9. The Kier molecular flexibility index (Phi) is 4.11. The average molecular weight is 272 g/mol. The molecule has 13 nitrogen and oxygen atoms in total. The molecule has 0 amide bonds. The van der Waals surface area contributed by atoms with E-state index in [0.717, 1.165) is 0 Å². The molecule has 0 saturated carbocycles. The lowest BCUT2D eigenvalue weighted by Crippen LogP contribution is -2.58. The molecule has 1 N–H and O–H groups in total. The fraction of sp³-hybridized carbons (Fsp3) is 1.00. The second-order valence-corrected chi connectivity index (χ2v) is 3.06. The molecule has 0 unspecified atom stereocenters. The van der Waals surface area contributed by atoms with E-state index < -0.39 is 44.3 Å². The summed E-state index contributed by atoms with van der Waals surface area (Å²) in [6.45, 7) is -1.94. The molecule has 0 aromatic heterocycles. The topological polar surface area (TPSA) is 193 Å². The third kappa shape index (κ3) is 2.26. The lowest BCUT2D eigenvalue weighted by atomic mass is 10.1. The number of nitrogens with zero attached hydrogens (tertiary/aromatic N) is 4. The van der Waals surface area contributed by atoms with Crippen LogP contribution in [0.15, 0.2) is 0 Å². The van der Waals surface area contributed by atoms with Gasteiger partial charge in [0.15, 0.2) is 6.61 Å². The Balaban J connectivity index is 5.72. The number of hydrogen-bond acceptors (Lipinski definition) is 9. The predicted octanol–water partition coefficient (Wildman–Crippen LogP) is -1.20. The molecule has 0 aromatic rings. The molecule has 18 heavy (non-hydrogen) atoms. The monoisotopic (exact) mass is 272 g/mol. The summed E-state index contributed by atoms with van der Waals surface area (Å²) in [4.78, 5) is 33.2. The lowest BCUT2D eigenvalue weighted by molar-refractivity contribution is -0.868. The van der Waals surface area contributed by atoms with E-state index in [1.54, 1.807) is 0 Å². The van der Waals surface area contributed by atoms with Gasteiger partial charge in [-0.25, -0.2) is 0 Å². The molecule has 0 aliphatic rings. The van der Waals surface area contributed by atoms with Crippen molar-refractivity contribution in [3.05, 3.63) is 40.5 Å². The minimum Gasteiger partial charge on any atom is -0.382 e. The number of halogens is 1. The molecule has 0 heterocycles. The molecule has 102 valence electrons. The molecule has 0 aliphatic heterocycles. The molecule has 0 aliphatic carbocycles. The Morgan fingerprint density at radius 3 is 1.39 bits per heavy atom. The number of hydrogen-bond donors (Lipinski definition) is 1. The lowest BCUT2D eigenvalue weighted by Gasteiger charge is -2.15. The van der Waals surface area contributed by atoms with Gasteiger partial charge in [0.05, 0.1) is 0 Å². The van der Waals surface area contributed by atoms with Crippen LogP contribution in [0.1, 0.15) is 6.42 Å². The minimum absolute atomic E-state index is 1.83. The van der Waals surface area contributed by atoms with Crippen LogP contribution in [0.2, 0.25) is 0 Å². The predicted molar refractivity (Wildman–Crippen MR) is 46.3 cm³/mol. The highest BCUT2D eigenvalue weighted by Crippen LogP contribution is 2.28. The SMILES string of the molecule is O=[N+]([O-])C(F)(CC(CO)([N+](=O)[O-])[N+](=O)[O-])[N+](=O)[O-]. The molecule has 0 aromatic carbocycles. The number of aliphatic hydroxyl groups is 1. The summed E-state index contributed by atoms with van der Waals surface area (Å²) in [5, 5.41) is 49.7. The average Bonchev–Trinajstić information content (AvgIpc) is 2.23. The third-order valence-corrected chi connectivity index (χ3v) is 2.00.